The highest BCUT2D eigenvalue weighted by atomic mass is 79.9. The fourth-order valence-corrected chi connectivity index (χ4v) is 9.88. The Balaban J connectivity index is 0.000000172. The summed E-state index contributed by atoms with van der Waals surface area (Å²) in [5, 5.41) is 15.7. The summed E-state index contributed by atoms with van der Waals surface area (Å²) in [5.74, 6) is -0.996. The number of carbonyl (C=O) groups excluding carboxylic acids is 3. The summed E-state index contributed by atoms with van der Waals surface area (Å²) in [6.07, 6.45) is 20.5. The monoisotopic (exact) mass is 1360 g/mol. The number of H-pyrrole nitrogens is 2. The van der Waals surface area contributed by atoms with Gasteiger partial charge in [0.25, 0.3) is 11.1 Å². The van der Waals surface area contributed by atoms with Crippen LogP contribution in [0.4, 0.5) is 17.6 Å². The van der Waals surface area contributed by atoms with Crippen molar-refractivity contribution < 1.29 is 51.3 Å². The largest absolute Gasteiger partial charge is 0.494 e. The number of benzene rings is 2. The van der Waals surface area contributed by atoms with Crippen molar-refractivity contribution in [2.45, 2.75) is 39.5 Å². The van der Waals surface area contributed by atoms with Crippen molar-refractivity contribution in [1.29, 1.82) is 0 Å². The maximum Gasteiger partial charge on any atom is 0.330 e. The molecular weight excluding hydrogens is 1310 g/mol. The van der Waals surface area contributed by atoms with Gasteiger partial charge < -0.3 is 29.3 Å². The molecule has 0 bridgehead atoms. The third-order valence-corrected chi connectivity index (χ3v) is 14.8. The van der Waals surface area contributed by atoms with Crippen molar-refractivity contribution >= 4 is 105 Å². The third kappa shape index (κ3) is 21.3. The van der Waals surface area contributed by atoms with Gasteiger partial charge in [-0.2, -0.15) is 0 Å². The van der Waals surface area contributed by atoms with Gasteiger partial charge >= 0.3 is 11.9 Å². The number of fused-ring (bicyclic) bond motifs is 4. The second-order valence-electron chi connectivity index (χ2n) is 18.9. The Labute approximate surface area is 544 Å². The van der Waals surface area contributed by atoms with Gasteiger partial charge in [-0.25, -0.2) is 37.1 Å². The van der Waals surface area contributed by atoms with Crippen molar-refractivity contribution in [3.8, 4) is 28.8 Å². The highest BCUT2D eigenvalue weighted by molar-refractivity contribution is 9.10. The molecule has 93 heavy (non-hydrogen) atoms. The van der Waals surface area contributed by atoms with Crippen LogP contribution in [0.25, 0.3) is 71.1 Å². The predicted octanol–water partition coefficient (Wildman–Crippen LogP) is 13.4. The van der Waals surface area contributed by atoms with Crippen LogP contribution in [0.1, 0.15) is 53.7 Å². The Bertz CT molecular complexity index is 4650. The summed E-state index contributed by atoms with van der Waals surface area (Å²) in [5.41, 5.74) is 3.68. The lowest BCUT2D eigenvalue weighted by atomic mass is 10.1. The molecule has 0 aliphatic carbocycles. The van der Waals surface area contributed by atoms with E-state index in [1.54, 1.807) is 97.7 Å². The van der Waals surface area contributed by atoms with Crippen LogP contribution < -0.4 is 15.9 Å². The van der Waals surface area contributed by atoms with E-state index in [1.807, 2.05) is 47.2 Å². The molecular formula is C67H57BrF4N10O9S2. The number of aldehydes is 1. The van der Waals surface area contributed by atoms with Crippen LogP contribution >= 0.6 is 38.6 Å². The number of aryl methyl sites for hydroxylation is 2. The van der Waals surface area contributed by atoms with E-state index in [0.717, 1.165) is 43.1 Å². The zero-order valence-electron chi connectivity index (χ0n) is 49.7. The number of nitrogens with zero attached hydrogens (tertiary/aromatic N) is 8. The van der Waals surface area contributed by atoms with E-state index < -0.39 is 17.6 Å². The highest BCUT2D eigenvalue weighted by Gasteiger charge is 2.12. The van der Waals surface area contributed by atoms with Gasteiger partial charge in [-0.15, -0.1) is 22.7 Å². The number of aliphatic hydroxyl groups excluding tert-OH is 1. The lowest BCUT2D eigenvalue weighted by Gasteiger charge is -2.08. The number of thiophene rings is 2. The normalized spacial score (nSPS) is 10.5. The first kappa shape index (κ1) is 70.1. The summed E-state index contributed by atoms with van der Waals surface area (Å²) < 4.78 is 69.5. The second-order valence-corrected chi connectivity index (χ2v) is 21.7. The average Bonchev–Trinajstić information content (AvgIpc) is 1.53. The van der Waals surface area contributed by atoms with Gasteiger partial charge in [-0.3, -0.25) is 44.3 Å². The smallest absolute Gasteiger partial charge is 0.330 e. The van der Waals surface area contributed by atoms with E-state index in [9.17, 15) is 41.5 Å². The number of aliphatic hydroxyl groups is 1. The van der Waals surface area contributed by atoms with E-state index in [0.29, 0.717) is 119 Å². The van der Waals surface area contributed by atoms with Crippen LogP contribution in [0, 0.1) is 23.3 Å². The van der Waals surface area contributed by atoms with Crippen LogP contribution in [-0.4, -0.2) is 99.6 Å². The number of halogens is 5. The lowest BCUT2D eigenvalue weighted by molar-refractivity contribution is -0.138. The molecule has 10 heterocycles. The Morgan fingerprint density at radius 3 is 1.59 bits per heavy atom. The molecule has 26 heteroatoms. The molecule has 0 fully saturated rings. The molecule has 10 aromatic heterocycles. The summed E-state index contributed by atoms with van der Waals surface area (Å²) >= 11 is 6.62. The second kappa shape index (κ2) is 36.4. The van der Waals surface area contributed by atoms with E-state index in [1.165, 1.54) is 49.1 Å². The van der Waals surface area contributed by atoms with Crippen LogP contribution in [0.3, 0.4) is 0 Å². The van der Waals surface area contributed by atoms with Crippen LogP contribution in [-0.2, 0) is 31.9 Å². The Kier molecular flexibility index (Phi) is 27.4. The number of carbonyl (C=O) groups is 3. The SMILES string of the molecule is C=CC(=O)OCC.CCOC(=O)/C=C/c1ccncc1F.O=Cc1ccncc1F.O=c1[nH]c(-c2cc3ccsc3cn2)nc2ccc(Br)cc12.O=c1[nH]c(-c2cc3ccsc3cn2)nc2ccc(OCCCc3ccncc3F)cc12.OCCCc1ccncc1F. The minimum atomic E-state index is -0.576. The maximum absolute atomic E-state index is 13.6. The zero-order valence-corrected chi connectivity index (χ0v) is 52.9. The molecule has 0 unspecified atom stereocenters. The molecule has 0 aliphatic heterocycles. The molecule has 0 spiro atoms. The molecule has 12 aromatic rings. The van der Waals surface area contributed by atoms with Crippen molar-refractivity contribution in [1.82, 2.24) is 49.8 Å². The minimum absolute atomic E-state index is 0.0463. The fourth-order valence-electron chi connectivity index (χ4n) is 8.04. The number of hydrogen-bond acceptors (Lipinski definition) is 19. The van der Waals surface area contributed by atoms with Gasteiger partial charge in [0.05, 0.1) is 81.4 Å². The van der Waals surface area contributed by atoms with Crippen LogP contribution in [0.5, 0.6) is 5.75 Å². The number of aromatic nitrogens is 10. The molecule has 2 aromatic carbocycles. The van der Waals surface area contributed by atoms with Gasteiger partial charge in [0, 0.05) is 66.0 Å². The van der Waals surface area contributed by atoms with Crippen molar-refractivity contribution in [3.05, 3.63) is 247 Å². The highest BCUT2D eigenvalue weighted by Crippen LogP contribution is 2.27. The molecule has 3 N–H and O–H groups in total. The third-order valence-electron chi connectivity index (χ3n) is 12.6. The van der Waals surface area contributed by atoms with Gasteiger partial charge in [0.2, 0.25) is 0 Å². The minimum Gasteiger partial charge on any atom is -0.494 e. The van der Waals surface area contributed by atoms with Crippen LogP contribution in [0.15, 0.2) is 190 Å². The first-order valence-corrected chi connectivity index (χ1v) is 30.8. The van der Waals surface area contributed by atoms with E-state index in [4.69, 9.17) is 9.84 Å². The molecule has 0 saturated carbocycles. The van der Waals surface area contributed by atoms with Gasteiger partial charge in [0.15, 0.2) is 23.8 Å². The first-order valence-electron chi connectivity index (χ1n) is 28.2. The molecule has 12 rings (SSSR count). The number of rotatable bonds is 16. The molecule has 476 valence electrons. The first-order chi connectivity index (χ1) is 45.1. The lowest BCUT2D eigenvalue weighted by Crippen LogP contribution is -2.10. The topological polar surface area (TPSA) is 268 Å². The standard InChI is InChI=1S/C23H17FN4O2S.C15H8BrN3OS.C10H10FNO2.C8H10FNO.C6H4FNO.C5H8O2/c24-18-12-25-7-5-14(18)2-1-8-30-16-3-4-19-17(11-16)23(29)28-22(27-19)20-10-15-6-9-31-21(15)13-26-20;16-9-1-2-11-10(6-9)15(20)19-14(18-11)12-5-8-3-4-21-13(8)7-17-12;1-2-14-10(13)4-3-8-5-6-12-7-9(8)11;9-8-6-10-4-3-7(8)2-1-5-11;7-6-3-8-2-1-5(6)4-9;1-3-5(6)7-4-2/h3-7,9-13H,1-2,8H2,(H,27,28,29);1-7H,(H,18,19,20);3-7H,2H2,1H3;3-4,6,11H,1-2,5H2;1-4H;3H,1,4H2,2H3/b;;4-3+;;;. The maximum atomic E-state index is 13.6. The van der Waals surface area contributed by atoms with E-state index >= 15 is 0 Å². The number of esters is 2. The number of ether oxygens (including phenoxy) is 3. The van der Waals surface area contributed by atoms with Crippen molar-refractivity contribution in [3.63, 3.8) is 0 Å². The Hall–Kier alpha value is -10.4. The molecule has 0 saturated heterocycles. The van der Waals surface area contributed by atoms with Gasteiger partial charge in [0.1, 0.15) is 34.6 Å². The van der Waals surface area contributed by atoms with E-state index in [2.05, 4.69) is 81.8 Å². The van der Waals surface area contributed by atoms with E-state index in [-0.39, 0.29) is 40.9 Å². The Morgan fingerprint density at radius 2 is 1.11 bits per heavy atom. The predicted molar refractivity (Wildman–Crippen MR) is 354 cm³/mol. The Morgan fingerprint density at radius 1 is 0.613 bits per heavy atom. The number of pyridine rings is 6. The fraction of sp³-hybridized carbons (Fsp3) is 0.149. The zero-order chi connectivity index (χ0) is 66.5. The number of nitrogens with one attached hydrogen (secondary N) is 2. The quantitative estimate of drug-likeness (QED) is 0.0267. The summed E-state index contributed by atoms with van der Waals surface area (Å²) in [6, 6.07) is 24.7. The van der Waals surface area contributed by atoms with Crippen LogP contribution in [0.2, 0.25) is 0 Å². The average molecular weight is 1370 g/mol. The number of aromatic amines is 2. The molecule has 19 nitrogen and oxygen atoms in total. The van der Waals surface area contributed by atoms with Gasteiger partial charge in [-0.05, 0) is 163 Å². The number of hydrogen-bond donors (Lipinski definition) is 3. The molecule has 0 aliphatic rings. The molecule has 0 radical (unpaired) electrons. The molecule has 0 amide bonds. The van der Waals surface area contributed by atoms with Crippen molar-refractivity contribution in [2.24, 2.45) is 0 Å². The van der Waals surface area contributed by atoms with Gasteiger partial charge in [-0.1, -0.05) is 22.5 Å². The molecule has 0 atom stereocenters. The summed E-state index contributed by atoms with van der Waals surface area (Å²) in [4.78, 5) is 93.7. The summed E-state index contributed by atoms with van der Waals surface area (Å²) in [6.45, 7) is 7.90. The van der Waals surface area contributed by atoms with Crippen molar-refractivity contribution in [2.75, 3.05) is 26.4 Å². The summed E-state index contributed by atoms with van der Waals surface area (Å²) in [7, 11) is 0.